The summed E-state index contributed by atoms with van der Waals surface area (Å²) in [5, 5.41) is 7.96. The molecule has 0 radical (unpaired) electrons. The molecule has 1 fully saturated rings. The second-order valence-corrected chi connectivity index (χ2v) is 5.96. The normalized spacial score (nSPS) is 24.5. The van der Waals surface area contributed by atoms with Crippen molar-refractivity contribution in [2.75, 3.05) is 13.1 Å². The molecule has 0 bridgehead atoms. The quantitative estimate of drug-likeness (QED) is 0.859. The van der Waals surface area contributed by atoms with Crippen molar-refractivity contribution < 1.29 is 4.79 Å². The standard InChI is InChI=1S/C13H20ClN3O/c1-9(2)17-11(10(14)7-16-17)12(18)13(3)5-4-6-15-8-13/h7,9,15H,4-6,8H2,1-3H3. The average Bonchev–Trinajstić information content (AvgIpc) is 2.71. The van der Waals surface area contributed by atoms with Gasteiger partial charge in [-0.1, -0.05) is 18.5 Å². The molecule has 1 aliphatic heterocycles. The van der Waals surface area contributed by atoms with E-state index in [2.05, 4.69) is 10.4 Å². The number of hydrogen-bond donors (Lipinski definition) is 1. The highest BCUT2D eigenvalue weighted by Crippen LogP contribution is 2.33. The Morgan fingerprint density at radius 1 is 1.61 bits per heavy atom. The molecule has 1 aromatic heterocycles. The molecule has 2 heterocycles. The number of carbonyl (C=O) groups is 1. The molecule has 1 N–H and O–H groups in total. The highest BCUT2D eigenvalue weighted by molar-refractivity contribution is 6.33. The predicted octanol–water partition coefficient (Wildman–Crippen LogP) is 2.69. The maximum absolute atomic E-state index is 12.7. The molecule has 1 saturated heterocycles. The van der Waals surface area contributed by atoms with Gasteiger partial charge in [0.15, 0.2) is 5.78 Å². The summed E-state index contributed by atoms with van der Waals surface area (Å²) in [6.07, 6.45) is 3.49. The second kappa shape index (κ2) is 5.02. The summed E-state index contributed by atoms with van der Waals surface area (Å²) in [6, 6.07) is 0.136. The highest BCUT2D eigenvalue weighted by Gasteiger charge is 2.38. The molecule has 0 amide bonds. The van der Waals surface area contributed by atoms with Gasteiger partial charge in [0.1, 0.15) is 5.69 Å². The Morgan fingerprint density at radius 3 is 2.89 bits per heavy atom. The molecular formula is C13H20ClN3O. The maximum atomic E-state index is 12.7. The van der Waals surface area contributed by atoms with Crippen LogP contribution in [0.2, 0.25) is 5.02 Å². The van der Waals surface area contributed by atoms with Gasteiger partial charge < -0.3 is 5.32 Å². The minimum absolute atomic E-state index is 0.103. The van der Waals surface area contributed by atoms with Crippen molar-refractivity contribution in [3.63, 3.8) is 0 Å². The number of piperidine rings is 1. The van der Waals surface area contributed by atoms with Crippen LogP contribution in [0.1, 0.15) is 50.1 Å². The second-order valence-electron chi connectivity index (χ2n) is 5.55. The summed E-state index contributed by atoms with van der Waals surface area (Å²) in [4.78, 5) is 12.7. The Bertz CT molecular complexity index is 447. The zero-order valence-electron chi connectivity index (χ0n) is 11.2. The lowest BCUT2D eigenvalue weighted by molar-refractivity contribution is 0.0759. The number of halogens is 1. The van der Waals surface area contributed by atoms with E-state index < -0.39 is 0 Å². The summed E-state index contributed by atoms with van der Waals surface area (Å²) >= 11 is 6.14. The topological polar surface area (TPSA) is 46.9 Å². The fourth-order valence-corrected chi connectivity index (χ4v) is 2.70. The Morgan fingerprint density at radius 2 is 2.33 bits per heavy atom. The van der Waals surface area contributed by atoms with Gasteiger partial charge in [0, 0.05) is 18.0 Å². The number of Topliss-reactive ketones (excluding diaryl/α,β-unsaturated/α-hetero) is 1. The number of ketones is 1. The van der Waals surface area contributed by atoms with E-state index in [0.717, 1.165) is 19.4 Å². The molecule has 18 heavy (non-hydrogen) atoms. The predicted molar refractivity (Wildman–Crippen MR) is 72.2 cm³/mol. The smallest absolute Gasteiger partial charge is 0.189 e. The molecule has 0 aliphatic carbocycles. The first kappa shape index (κ1) is 13.6. The lowest BCUT2D eigenvalue weighted by Crippen LogP contribution is -2.44. The third kappa shape index (κ3) is 2.31. The molecule has 1 aliphatic rings. The summed E-state index contributed by atoms with van der Waals surface area (Å²) in [5.74, 6) is 0.103. The minimum atomic E-state index is -0.367. The highest BCUT2D eigenvalue weighted by atomic mass is 35.5. The zero-order chi connectivity index (χ0) is 13.3. The molecule has 100 valence electrons. The number of nitrogens with one attached hydrogen (secondary N) is 1. The third-order valence-corrected chi connectivity index (χ3v) is 3.88. The number of aromatic nitrogens is 2. The van der Waals surface area contributed by atoms with Crippen molar-refractivity contribution in [3.8, 4) is 0 Å². The van der Waals surface area contributed by atoms with E-state index in [1.54, 1.807) is 10.9 Å². The SMILES string of the molecule is CC(C)n1ncc(Cl)c1C(=O)C1(C)CCCNC1. The van der Waals surface area contributed by atoms with Crippen molar-refractivity contribution in [2.45, 2.75) is 39.7 Å². The minimum Gasteiger partial charge on any atom is -0.316 e. The number of hydrogen-bond acceptors (Lipinski definition) is 3. The Hall–Kier alpha value is -0.870. The van der Waals surface area contributed by atoms with E-state index in [9.17, 15) is 4.79 Å². The summed E-state index contributed by atoms with van der Waals surface area (Å²) < 4.78 is 1.73. The van der Waals surface area contributed by atoms with Gasteiger partial charge in [-0.3, -0.25) is 9.48 Å². The van der Waals surface area contributed by atoms with Crippen LogP contribution in [0, 0.1) is 5.41 Å². The van der Waals surface area contributed by atoms with E-state index in [0.29, 0.717) is 17.3 Å². The first-order valence-electron chi connectivity index (χ1n) is 6.44. The zero-order valence-corrected chi connectivity index (χ0v) is 11.9. The van der Waals surface area contributed by atoms with Gasteiger partial charge >= 0.3 is 0 Å². The Labute approximate surface area is 113 Å². The van der Waals surface area contributed by atoms with E-state index in [4.69, 9.17) is 11.6 Å². The van der Waals surface area contributed by atoms with Gasteiger partial charge in [0.2, 0.25) is 0 Å². The molecule has 0 spiro atoms. The molecule has 1 unspecified atom stereocenters. The average molecular weight is 270 g/mol. The van der Waals surface area contributed by atoms with Gasteiger partial charge in [0.25, 0.3) is 0 Å². The van der Waals surface area contributed by atoms with E-state index in [-0.39, 0.29) is 17.2 Å². The van der Waals surface area contributed by atoms with Crippen molar-refractivity contribution in [3.05, 3.63) is 16.9 Å². The number of carbonyl (C=O) groups excluding carboxylic acids is 1. The van der Waals surface area contributed by atoms with Gasteiger partial charge in [-0.05, 0) is 33.2 Å². The maximum Gasteiger partial charge on any atom is 0.189 e. The van der Waals surface area contributed by atoms with Crippen LogP contribution in [0.3, 0.4) is 0 Å². The first-order chi connectivity index (χ1) is 8.46. The van der Waals surface area contributed by atoms with E-state index >= 15 is 0 Å². The molecule has 1 aromatic rings. The molecule has 0 aromatic carbocycles. The fraction of sp³-hybridized carbons (Fsp3) is 0.692. The molecule has 2 rings (SSSR count). The Balaban J connectivity index is 2.36. The molecule has 0 saturated carbocycles. The summed E-state index contributed by atoms with van der Waals surface area (Å²) in [7, 11) is 0. The summed E-state index contributed by atoms with van der Waals surface area (Å²) in [6.45, 7) is 7.71. The summed E-state index contributed by atoms with van der Waals surface area (Å²) in [5.41, 5.74) is 0.187. The largest absolute Gasteiger partial charge is 0.316 e. The van der Waals surface area contributed by atoms with Crippen LogP contribution in [-0.2, 0) is 0 Å². The van der Waals surface area contributed by atoms with Crippen LogP contribution < -0.4 is 5.32 Å². The first-order valence-corrected chi connectivity index (χ1v) is 6.82. The third-order valence-electron chi connectivity index (χ3n) is 3.60. The van der Waals surface area contributed by atoms with Crippen LogP contribution in [0.25, 0.3) is 0 Å². The van der Waals surface area contributed by atoms with Gasteiger partial charge in [-0.15, -0.1) is 0 Å². The molecule has 4 nitrogen and oxygen atoms in total. The molecule has 1 atom stereocenters. The fourth-order valence-electron chi connectivity index (χ4n) is 2.48. The van der Waals surface area contributed by atoms with Crippen molar-refractivity contribution in [1.29, 1.82) is 0 Å². The molecular weight excluding hydrogens is 250 g/mol. The van der Waals surface area contributed by atoms with Crippen LogP contribution in [0.15, 0.2) is 6.20 Å². The van der Waals surface area contributed by atoms with E-state index in [1.807, 2.05) is 20.8 Å². The Kier molecular flexibility index (Phi) is 3.78. The lowest BCUT2D eigenvalue weighted by Gasteiger charge is -2.33. The van der Waals surface area contributed by atoms with Crippen LogP contribution in [0.4, 0.5) is 0 Å². The number of rotatable bonds is 3. The molecule has 5 heteroatoms. The van der Waals surface area contributed by atoms with Crippen LogP contribution in [0.5, 0.6) is 0 Å². The lowest BCUT2D eigenvalue weighted by atomic mass is 9.77. The monoisotopic (exact) mass is 269 g/mol. The van der Waals surface area contributed by atoms with Crippen molar-refractivity contribution in [1.82, 2.24) is 15.1 Å². The van der Waals surface area contributed by atoms with Crippen molar-refractivity contribution >= 4 is 17.4 Å². The van der Waals surface area contributed by atoms with Gasteiger partial charge in [-0.25, -0.2) is 0 Å². The van der Waals surface area contributed by atoms with Gasteiger partial charge in [0.05, 0.1) is 11.2 Å². The van der Waals surface area contributed by atoms with E-state index in [1.165, 1.54) is 0 Å². The number of nitrogens with zero attached hydrogens (tertiary/aromatic N) is 2. The van der Waals surface area contributed by atoms with Crippen LogP contribution in [-0.4, -0.2) is 28.7 Å². The van der Waals surface area contributed by atoms with Crippen LogP contribution >= 0.6 is 11.6 Å². The van der Waals surface area contributed by atoms with Crippen molar-refractivity contribution in [2.24, 2.45) is 5.41 Å². The van der Waals surface area contributed by atoms with Gasteiger partial charge in [-0.2, -0.15) is 5.10 Å².